The summed E-state index contributed by atoms with van der Waals surface area (Å²) in [5, 5.41) is 12.7. The first kappa shape index (κ1) is 12.9. The van der Waals surface area contributed by atoms with Crippen LogP contribution in [-0.2, 0) is 9.59 Å². The molecule has 0 unspecified atom stereocenters. The Kier molecular flexibility index (Phi) is 3.97. The lowest BCUT2D eigenvalue weighted by molar-refractivity contribution is -0.150. The molecule has 2 rings (SSSR count). The van der Waals surface area contributed by atoms with Crippen molar-refractivity contribution in [2.75, 3.05) is 13.2 Å². The lowest BCUT2D eigenvalue weighted by atomic mass is 10.1. The first-order chi connectivity index (χ1) is 9.18. The van der Waals surface area contributed by atoms with Gasteiger partial charge in [0.05, 0.1) is 6.54 Å². The van der Waals surface area contributed by atoms with Crippen LogP contribution in [-0.4, -0.2) is 30.1 Å². The van der Waals surface area contributed by atoms with Gasteiger partial charge in [-0.15, -0.1) is 0 Å². The Hall–Kier alpha value is -2.56. The number of carbonyl (C=O) groups excluding carboxylic acids is 1. The van der Waals surface area contributed by atoms with E-state index in [4.69, 9.17) is 9.84 Å². The van der Waals surface area contributed by atoms with Crippen molar-refractivity contribution in [1.29, 1.82) is 0 Å². The fourth-order valence-electron chi connectivity index (χ4n) is 1.72. The first-order valence-electron chi connectivity index (χ1n) is 5.80. The van der Waals surface area contributed by atoms with Crippen molar-refractivity contribution < 1.29 is 19.4 Å². The fourth-order valence-corrected chi connectivity index (χ4v) is 1.72. The Morgan fingerprint density at radius 3 is 2.63 bits per heavy atom. The minimum Gasteiger partial charge on any atom is -0.491 e. The van der Waals surface area contributed by atoms with Gasteiger partial charge in [-0.2, -0.15) is 0 Å². The van der Waals surface area contributed by atoms with E-state index in [0.717, 1.165) is 10.8 Å². The summed E-state index contributed by atoms with van der Waals surface area (Å²) in [5.74, 6) is -1.81. The van der Waals surface area contributed by atoms with Crippen molar-refractivity contribution >= 4 is 22.6 Å². The van der Waals surface area contributed by atoms with Crippen molar-refractivity contribution in [3.63, 3.8) is 0 Å². The largest absolute Gasteiger partial charge is 0.491 e. The van der Waals surface area contributed by atoms with Crippen molar-refractivity contribution in [3.8, 4) is 5.75 Å². The summed E-state index contributed by atoms with van der Waals surface area (Å²) in [6.45, 7) is 0.362. The Labute approximate surface area is 109 Å². The summed E-state index contributed by atoms with van der Waals surface area (Å²) in [4.78, 5) is 21.1. The molecule has 0 atom stereocenters. The Morgan fingerprint density at radius 2 is 1.84 bits per heavy atom. The average molecular weight is 259 g/mol. The molecule has 0 fully saturated rings. The van der Waals surface area contributed by atoms with E-state index in [1.807, 2.05) is 42.5 Å². The summed E-state index contributed by atoms with van der Waals surface area (Å²) < 4.78 is 5.54. The smallest absolute Gasteiger partial charge is 0.394 e. The molecule has 98 valence electrons. The number of fused-ring (bicyclic) bond motifs is 1. The minimum absolute atomic E-state index is 0.147. The molecule has 0 saturated heterocycles. The molecular weight excluding hydrogens is 246 g/mol. The van der Waals surface area contributed by atoms with Gasteiger partial charge in [0.2, 0.25) is 0 Å². The van der Waals surface area contributed by atoms with Gasteiger partial charge in [-0.3, -0.25) is 4.79 Å². The zero-order valence-corrected chi connectivity index (χ0v) is 10.1. The fraction of sp³-hybridized carbons (Fsp3) is 0.143. The number of carbonyl (C=O) groups is 2. The monoisotopic (exact) mass is 259 g/mol. The third-order valence-electron chi connectivity index (χ3n) is 2.59. The van der Waals surface area contributed by atoms with Gasteiger partial charge in [-0.05, 0) is 11.5 Å². The number of nitrogens with one attached hydrogen (secondary N) is 1. The number of carboxylic acids is 1. The van der Waals surface area contributed by atoms with Gasteiger partial charge in [0.1, 0.15) is 12.4 Å². The molecule has 2 aromatic rings. The maximum Gasteiger partial charge on any atom is 0.394 e. The summed E-state index contributed by atoms with van der Waals surface area (Å²) in [6.07, 6.45) is 0. The number of hydrogen-bond acceptors (Lipinski definition) is 3. The Balaban J connectivity index is 1.95. The van der Waals surface area contributed by atoms with Crippen molar-refractivity contribution in [2.24, 2.45) is 0 Å². The summed E-state index contributed by atoms with van der Waals surface area (Å²) in [6, 6.07) is 13.5. The standard InChI is InChI=1S/C14H13NO4/c16-13(14(17)18)15-8-9-19-12-7-3-5-10-4-1-2-6-11(10)12/h1-7H,8-9H2,(H,15,16)(H,17,18). The number of aliphatic carboxylic acids is 1. The van der Waals surface area contributed by atoms with Crippen LogP contribution in [0.2, 0.25) is 0 Å². The van der Waals surface area contributed by atoms with Crippen molar-refractivity contribution in [2.45, 2.75) is 0 Å². The van der Waals surface area contributed by atoms with Crippen LogP contribution in [0.3, 0.4) is 0 Å². The molecule has 0 aliphatic heterocycles. The van der Waals surface area contributed by atoms with E-state index in [2.05, 4.69) is 5.32 Å². The highest BCUT2D eigenvalue weighted by atomic mass is 16.5. The van der Waals surface area contributed by atoms with Gasteiger partial charge in [-0.25, -0.2) is 4.79 Å². The van der Waals surface area contributed by atoms with Crippen LogP contribution in [0, 0.1) is 0 Å². The second-order valence-corrected chi connectivity index (χ2v) is 3.89. The van der Waals surface area contributed by atoms with Crippen LogP contribution in [0.15, 0.2) is 42.5 Å². The van der Waals surface area contributed by atoms with Gasteiger partial charge in [0.25, 0.3) is 0 Å². The molecule has 0 heterocycles. The molecule has 19 heavy (non-hydrogen) atoms. The number of ether oxygens (including phenoxy) is 1. The molecule has 1 amide bonds. The highest BCUT2D eigenvalue weighted by Gasteiger charge is 2.09. The van der Waals surface area contributed by atoms with Gasteiger partial charge in [0.15, 0.2) is 0 Å². The zero-order chi connectivity index (χ0) is 13.7. The SMILES string of the molecule is O=C(O)C(=O)NCCOc1cccc2ccccc12. The summed E-state index contributed by atoms with van der Waals surface area (Å²) >= 11 is 0. The van der Waals surface area contributed by atoms with Crippen molar-refractivity contribution in [3.05, 3.63) is 42.5 Å². The second kappa shape index (κ2) is 5.86. The predicted molar refractivity (Wildman–Crippen MR) is 70.1 cm³/mol. The van der Waals surface area contributed by atoms with E-state index >= 15 is 0 Å². The van der Waals surface area contributed by atoms with Gasteiger partial charge < -0.3 is 15.2 Å². The van der Waals surface area contributed by atoms with Crippen LogP contribution in [0.1, 0.15) is 0 Å². The van der Waals surface area contributed by atoms with Crippen LogP contribution in [0.5, 0.6) is 5.75 Å². The molecule has 0 saturated carbocycles. The third kappa shape index (κ3) is 3.22. The maximum absolute atomic E-state index is 10.8. The second-order valence-electron chi connectivity index (χ2n) is 3.89. The summed E-state index contributed by atoms with van der Waals surface area (Å²) in [7, 11) is 0. The molecule has 0 spiro atoms. The van der Waals surface area contributed by atoms with Crippen molar-refractivity contribution in [1.82, 2.24) is 5.32 Å². The van der Waals surface area contributed by atoms with E-state index in [9.17, 15) is 9.59 Å². The molecule has 5 nitrogen and oxygen atoms in total. The number of rotatable bonds is 4. The number of amides is 1. The van der Waals surface area contributed by atoms with Gasteiger partial charge in [-0.1, -0.05) is 36.4 Å². The number of benzene rings is 2. The lowest BCUT2D eigenvalue weighted by Crippen LogP contribution is -2.33. The molecule has 0 aromatic heterocycles. The predicted octanol–water partition coefficient (Wildman–Crippen LogP) is 1.42. The van der Waals surface area contributed by atoms with E-state index in [-0.39, 0.29) is 13.2 Å². The average Bonchev–Trinajstić information content (AvgIpc) is 2.43. The lowest BCUT2D eigenvalue weighted by Gasteiger charge is -2.09. The number of carboxylic acid groups (broad SMARTS) is 1. The Morgan fingerprint density at radius 1 is 1.11 bits per heavy atom. The van der Waals surface area contributed by atoms with E-state index < -0.39 is 11.9 Å². The maximum atomic E-state index is 10.8. The van der Waals surface area contributed by atoms with Crippen LogP contribution < -0.4 is 10.1 Å². The van der Waals surface area contributed by atoms with Crippen LogP contribution >= 0.6 is 0 Å². The molecule has 0 radical (unpaired) electrons. The topological polar surface area (TPSA) is 75.6 Å². The third-order valence-corrected chi connectivity index (χ3v) is 2.59. The molecule has 2 N–H and O–H groups in total. The molecule has 0 bridgehead atoms. The minimum atomic E-state index is -1.50. The molecule has 2 aromatic carbocycles. The quantitative estimate of drug-likeness (QED) is 0.643. The van der Waals surface area contributed by atoms with E-state index in [1.54, 1.807) is 0 Å². The highest BCUT2D eigenvalue weighted by molar-refractivity contribution is 6.31. The number of hydrogen-bond donors (Lipinski definition) is 2. The molecule has 0 aliphatic carbocycles. The Bertz CT molecular complexity index is 604. The van der Waals surface area contributed by atoms with Crippen LogP contribution in [0.4, 0.5) is 0 Å². The summed E-state index contributed by atoms with van der Waals surface area (Å²) in [5.41, 5.74) is 0. The van der Waals surface area contributed by atoms with E-state index in [0.29, 0.717) is 5.75 Å². The highest BCUT2D eigenvalue weighted by Crippen LogP contribution is 2.24. The molecule has 5 heteroatoms. The molecular formula is C14H13NO4. The molecule has 0 aliphatic rings. The first-order valence-corrected chi connectivity index (χ1v) is 5.80. The van der Waals surface area contributed by atoms with Gasteiger partial charge >= 0.3 is 11.9 Å². The van der Waals surface area contributed by atoms with E-state index in [1.165, 1.54) is 0 Å². The zero-order valence-electron chi connectivity index (χ0n) is 10.1. The van der Waals surface area contributed by atoms with Gasteiger partial charge in [0, 0.05) is 5.39 Å². The normalized spacial score (nSPS) is 10.1. The van der Waals surface area contributed by atoms with Crippen LogP contribution in [0.25, 0.3) is 10.8 Å².